The summed E-state index contributed by atoms with van der Waals surface area (Å²) in [6.07, 6.45) is 4.95. The molecular weight excluding hydrogens is 200 g/mol. The summed E-state index contributed by atoms with van der Waals surface area (Å²) >= 11 is 0. The molecule has 0 rings (SSSR count). The summed E-state index contributed by atoms with van der Waals surface area (Å²) in [5, 5.41) is 0. The largest absolute Gasteiger partial charge is 0.379 e. The lowest BCUT2D eigenvalue weighted by molar-refractivity contribution is -0.0102. The van der Waals surface area contributed by atoms with E-state index in [0.29, 0.717) is 6.10 Å². The van der Waals surface area contributed by atoms with E-state index >= 15 is 0 Å². The molecule has 2 atom stereocenters. The minimum Gasteiger partial charge on any atom is -0.379 e. The molecule has 0 aromatic heterocycles. The molecule has 0 heterocycles. The average Bonchev–Trinajstić information content (AvgIpc) is 2.25. The Balaban J connectivity index is 3.67. The zero-order valence-electron chi connectivity index (χ0n) is 12.0. The zero-order valence-corrected chi connectivity index (χ0v) is 12.0. The Morgan fingerprint density at radius 3 is 2.19 bits per heavy atom. The first-order valence-corrected chi connectivity index (χ1v) is 6.60. The van der Waals surface area contributed by atoms with E-state index in [9.17, 15) is 0 Å². The van der Waals surface area contributed by atoms with Gasteiger partial charge in [-0.15, -0.1) is 0 Å². The van der Waals surface area contributed by atoms with Crippen molar-refractivity contribution in [3.05, 3.63) is 0 Å². The number of rotatable bonds is 9. The Kier molecular flexibility index (Phi) is 8.04. The highest BCUT2D eigenvalue weighted by Gasteiger charge is 2.21. The van der Waals surface area contributed by atoms with Crippen LogP contribution in [0.5, 0.6) is 0 Å². The predicted octanol–water partition coefficient (Wildman–Crippen LogP) is 4.03. The van der Waals surface area contributed by atoms with Crippen LogP contribution in [-0.2, 0) is 9.47 Å². The van der Waals surface area contributed by atoms with E-state index < -0.39 is 0 Å². The smallest absolute Gasteiger partial charge is 0.0648 e. The first kappa shape index (κ1) is 15.9. The second kappa shape index (κ2) is 8.08. The van der Waals surface area contributed by atoms with Gasteiger partial charge in [0.2, 0.25) is 0 Å². The summed E-state index contributed by atoms with van der Waals surface area (Å²) in [7, 11) is 1.82. The van der Waals surface area contributed by atoms with Crippen molar-refractivity contribution in [3.63, 3.8) is 0 Å². The summed E-state index contributed by atoms with van der Waals surface area (Å²) in [6.45, 7) is 11.7. The molecule has 0 aliphatic rings. The average molecular weight is 230 g/mol. The van der Waals surface area contributed by atoms with Crippen LogP contribution in [0.15, 0.2) is 0 Å². The van der Waals surface area contributed by atoms with Gasteiger partial charge in [-0.25, -0.2) is 0 Å². The maximum Gasteiger partial charge on any atom is 0.0648 e. The van der Waals surface area contributed by atoms with Gasteiger partial charge in [-0.3, -0.25) is 0 Å². The van der Waals surface area contributed by atoms with Gasteiger partial charge in [-0.2, -0.15) is 0 Å². The van der Waals surface area contributed by atoms with Crippen LogP contribution < -0.4 is 0 Å². The molecule has 0 N–H and O–H groups in total. The molecule has 2 nitrogen and oxygen atoms in total. The van der Waals surface area contributed by atoms with Crippen LogP contribution in [0.3, 0.4) is 0 Å². The quantitative estimate of drug-likeness (QED) is 0.595. The van der Waals surface area contributed by atoms with Crippen LogP contribution in [0.25, 0.3) is 0 Å². The third kappa shape index (κ3) is 7.24. The molecule has 98 valence electrons. The highest BCUT2D eigenvalue weighted by molar-refractivity contribution is 4.73. The highest BCUT2D eigenvalue weighted by Crippen LogP contribution is 2.24. The molecular formula is C14H30O2. The third-order valence-corrected chi connectivity index (χ3v) is 3.47. The van der Waals surface area contributed by atoms with Crippen molar-refractivity contribution in [3.8, 4) is 0 Å². The fourth-order valence-corrected chi connectivity index (χ4v) is 1.62. The second-order valence-electron chi connectivity index (χ2n) is 5.36. The summed E-state index contributed by atoms with van der Waals surface area (Å²) < 4.78 is 11.1. The predicted molar refractivity (Wildman–Crippen MR) is 69.8 cm³/mol. The standard InChI is InChI=1S/C14H30O2/c1-7-14(5,15-6)10-8-13(4)9-11-16-12(2)3/h12-13H,7-11H2,1-6H3. The van der Waals surface area contributed by atoms with Crippen LogP contribution >= 0.6 is 0 Å². The maximum absolute atomic E-state index is 5.57. The SMILES string of the molecule is CCC(C)(CCC(C)CCOC(C)C)OC. The fraction of sp³-hybridized carbons (Fsp3) is 1.00. The number of ether oxygens (including phenoxy) is 2. The van der Waals surface area contributed by atoms with Gasteiger partial charge < -0.3 is 9.47 Å². The highest BCUT2D eigenvalue weighted by atomic mass is 16.5. The van der Waals surface area contributed by atoms with Crippen molar-refractivity contribution in [1.82, 2.24) is 0 Å². The first-order chi connectivity index (χ1) is 7.43. The molecule has 0 spiro atoms. The Labute approximate surface area is 102 Å². The minimum absolute atomic E-state index is 0.0627. The van der Waals surface area contributed by atoms with Gasteiger partial charge >= 0.3 is 0 Å². The van der Waals surface area contributed by atoms with Crippen molar-refractivity contribution < 1.29 is 9.47 Å². The molecule has 0 bridgehead atoms. The first-order valence-electron chi connectivity index (χ1n) is 6.60. The third-order valence-electron chi connectivity index (χ3n) is 3.47. The molecule has 0 saturated heterocycles. The molecule has 2 heteroatoms. The monoisotopic (exact) mass is 230 g/mol. The maximum atomic E-state index is 5.57. The van der Waals surface area contributed by atoms with Crippen molar-refractivity contribution in [2.45, 2.75) is 72.0 Å². The molecule has 16 heavy (non-hydrogen) atoms. The minimum atomic E-state index is 0.0627. The lowest BCUT2D eigenvalue weighted by Gasteiger charge is -2.28. The molecule has 0 saturated carbocycles. The van der Waals surface area contributed by atoms with Crippen LogP contribution in [0.4, 0.5) is 0 Å². The van der Waals surface area contributed by atoms with Crippen molar-refractivity contribution in [2.75, 3.05) is 13.7 Å². The molecule has 2 unspecified atom stereocenters. The number of hydrogen-bond acceptors (Lipinski definition) is 2. The summed E-state index contributed by atoms with van der Waals surface area (Å²) in [5.74, 6) is 0.722. The number of hydrogen-bond donors (Lipinski definition) is 0. The zero-order chi connectivity index (χ0) is 12.6. The van der Waals surface area contributed by atoms with Crippen LogP contribution in [-0.4, -0.2) is 25.4 Å². The van der Waals surface area contributed by atoms with Gasteiger partial charge in [0.05, 0.1) is 11.7 Å². The van der Waals surface area contributed by atoms with E-state index in [4.69, 9.17) is 9.47 Å². The van der Waals surface area contributed by atoms with Crippen molar-refractivity contribution >= 4 is 0 Å². The Morgan fingerprint density at radius 2 is 1.75 bits per heavy atom. The number of methoxy groups -OCH3 is 1. The molecule has 0 aromatic carbocycles. The van der Waals surface area contributed by atoms with E-state index in [1.807, 2.05) is 7.11 Å². The van der Waals surface area contributed by atoms with E-state index in [0.717, 1.165) is 31.8 Å². The Morgan fingerprint density at radius 1 is 1.12 bits per heavy atom. The summed E-state index contributed by atoms with van der Waals surface area (Å²) in [5.41, 5.74) is 0.0627. The van der Waals surface area contributed by atoms with Gasteiger partial charge in [0.15, 0.2) is 0 Å². The van der Waals surface area contributed by atoms with E-state index in [2.05, 4.69) is 34.6 Å². The normalized spacial score (nSPS) is 17.4. The Bertz CT molecular complexity index is 162. The Hall–Kier alpha value is -0.0800. The molecule has 0 aromatic rings. The fourth-order valence-electron chi connectivity index (χ4n) is 1.62. The topological polar surface area (TPSA) is 18.5 Å². The second-order valence-corrected chi connectivity index (χ2v) is 5.36. The van der Waals surface area contributed by atoms with Crippen molar-refractivity contribution in [1.29, 1.82) is 0 Å². The molecule has 0 fully saturated rings. The van der Waals surface area contributed by atoms with Gasteiger partial charge in [-0.1, -0.05) is 13.8 Å². The lowest BCUT2D eigenvalue weighted by atomic mass is 9.91. The molecule has 0 aliphatic carbocycles. The summed E-state index contributed by atoms with van der Waals surface area (Å²) in [6, 6.07) is 0. The van der Waals surface area contributed by atoms with Crippen LogP contribution in [0.1, 0.15) is 60.3 Å². The van der Waals surface area contributed by atoms with Gasteiger partial charge in [0.25, 0.3) is 0 Å². The van der Waals surface area contributed by atoms with Gasteiger partial charge in [0, 0.05) is 13.7 Å². The summed E-state index contributed by atoms with van der Waals surface area (Å²) in [4.78, 5) is 0. The molecule has 0 radical (unpaired) electrons. The van der Waals surface area contributed by atoms with Gasteiger partial charge in [0.1, 0.15) is 0 Å². The van der Waals surface area contributed by atoms with E-state index in [-0.39, 0.29) is 5.60 Å². The van der Waals surface area contributed by atoms with E-state index in [1.54, 1.807) is 0 Å². The van der Waals surface area contributed by atoms with Crippen LogP contribution in [0, 0.1) is 5.92 Å². The van der Waals surface area contributed by atoms with Crippen molar-refractivity contribution in [2.24, 2.45) is 5.92 Å². The van der Waals surface area contributed by atoms with Gasteiger partial charge in [-0.05, 0) is 52.4 Å². The van der Waals surface area contributed by atoms with E-state index in [1.165, 1.54) is 6.42 Å². The molecule has 0 amide bonds. The van der Waals surface area contributed by atoms with Crippen LogP contribution in [0.2, 0.25) is 0 Å². The molecule has 0 aliphatic heterocycles. The lowest BCUT2D eigenvalue weighted by Crippen LogP contribution is -2.26.